The highest BCUT2D eigenvalue weighted by molar-refractivity contribution is 6.25. The van der Waals surface area contributed by atoms with E-state index in [0.29, 0.717) is 11.3 Å². The number of benzene rings is 1. The van der Waals surface area contributed by atoms with Crippen LogP contribution in [0.25, 0.3) is 0 Å². The number of fused-ring (bicyclic) bond motifs is 3. The van der Waals surface area contributed by atoms with E-state index in [-0.39, 0.29) is 65.1 Å². The van der Waals surface area contributed by atoms with Crippen LogP contribution in [0.4, 0.5) is 11.4 Å². The van der Waals surface area contributed by atoms with Gasteiger partial charge in [-0.15, -0.1) is 12.4 Å². The summed E-state index contributed by atoms with van der Waals surface area (Å²) in [5.74, 6) is -7.79. The van der Waals surface area contributed by atoms with Crippen molar-refractivity contribution in [3.8, 4) is 5.75 Å². The topological polar surface area (TPSA) is 269 Å². The molecule has 3 aliphatic carbocycles. The largest absolute Gasteiger partial charge is 0.510 e. The lowest BCUT2D eigenvalue weighted by Gasteiger charge is -2.50. The van der Waals surface area contributed by atoms with Crippen molar-refractivity contribution in [2.24, 2.45) is 17.6 Å². The molecular formula is C29H44ClN5O10. The summed E-state index contributed by atoms with van der Waals surface area (Å²) in [7, 11) is 6.62. The smallest absolute Gasteiger partial charge is 0.255 e. The van der Waals surface area contributed by atoms with Gasteiger partial charge in [-0.05, 0) is 65.3 Å². The maximum Gasteiger partial charge on any atom is 0.255 e. The van der Waals surface area contributed by atoms with Crippen LogP contribution in [0.1, 0.15) is 43.1 Å². The van der Waals surface area contributed by atoms with Crippen LogP contribution in [0.2, 0.25) is 0 Å². The number of carbonyl (C=O) groups excluding carboxylic acids is 4. The summed E-state index contributed by atoms with van der Waals surface area (Å²) in [6.45, 7) is 5.60. The lowest BCUT2D eigenvalue weighted by atomic mass is 9.58. The average molecular weight is 658 g/mol. The van der Waals surface area contributed by atoms with Gasteiger partial charge in [-0.1, -0.05) is 0 Å². The average Bonchev–Trinajstić information content (AvgIpc) is 2.85. The number of ketones is 2. The number of primary amides is 1. The standard InChI is InChI=1S/C29H39N5O8.ClH.2H2O/c1-28(2,3)31-11-17(35)32-15-10-16(33(4)5)13-8-12-9-14-21(34(6)7)24(38)20(27(30)41)26(40)29(14,42)25(39)18(12)23(37)19(13)22(15)36;;;/h10,12,14,21,31,36,38-39,42H,8-9,11H2,1-7H3,(H2,30,41)(H,32,35);1H;2*1H2/t12-,14+,21-,29-;;;/m0.../s1. The Hall–Kier alpha value is -3.73. The number of aromatic hydroxyl groups is 1. The first kappa shape index (κ1) is 39.3. The van der Waals surface area contributed by atoms with Gasteiger partial charge in [0.15, 0.2) is 17.1 Å². The predicted molar refractivity (Wildman–Crippen MR) is 169 cm³/mol. The molecule has 45 heavy (non-hydrogen) atoms. The van der Waals surface area contributed by atoms with Crippen LogP contribution in [0.3, 0.4) is 0 Å². The molecule has 2 amide bonds. The van der Waals surface area contributed by atoms with E-state index < -0.39 is 69.7 Å². The van der Waals surface area contributed by atoms with Crippen LogP contribution >= 0.6 is 12.4 Å². The number of likely N-dealkylation sites (N-methyl/N-ethyl adjacent to an activating group) is 1. The first-order valence-corrected chi connectivity index (χ1v) is 13.6. The summed E-state index contributed by atoms with van der Waals surface area (Å²) in [4.78, 5) is 55.6. The molecule has 0 saturated carbocycles. The molecule has 3 aliphatic rings. The van der Waals surface area contributed by atoms with Gasteiger partial charge in [-0.2, -0.15) is 0 Å². The molecule has 0 aliphatic heterocycles. The highest BCUT2D eigenvalue weighted by Crippen LogP contribution is 2.53. The maximum absolute atomic E-state index is 14.1. The molecule has 0 saturated heterocycles. The first-order valence-electron chi connectivity index (χ1n) is 13.6. The second kappa shape index (κ2) is 13.3. The number of amides is 2. The Morgan fingerprint density at radius 3 is 2.16 bits per heavy atom. The molecule has 0 radical (unpaired) electrons. The Morgan fingerprint density at radius 1 is 1.09 bits per heavy atom. The molecule has 15 nitrogen and oxygen atoms in total. The van der Waals surface area contributed by atoms with Crippen molar-refractivity contribution in [3.05, 3.63) is 39.9 Å². The third kappa shape index (κ3) is 6.36. The van der Waals surface area contributed by atoms with Gasteiger partial charge in [0.1, 0.15) is 17.1 Å². The van der Waals surface area contributed by atoms with Crippen LogP contribution in [0.5, 0.6) is 5.75 Å². The van der Waals surface area contributed by atoms with Crippen LogP contribution in [-0.2, 0) is 20.8 Å². The van der Waals surface area contributed by atoms with Gasteiger partial charge in [-0.25, -0.2) is 0 Å². The number of hydrogen-bond donors (Lipinski definition) is 7. The molecule has 0 unspecified atom stereocenters. The number of halogens is 1. The quantitative estimate of drug-likeness (QED) is 0.148. The van der Waals surface area contributed by atoms with Crippen LogP contribution in [0.15, 0.2) is 28.7 Å². The maximum atomic E-state index is 14.1. The van der Waals surface area contributed by atoms with Gasteiger partial charge in [0.25, 0.3) is 5.91 Å². The molecule has 1 aromatic carbocycles. The number of phenols is 1. The van der Waals surface area contributed by atoms with E-state index in [1.54, 1.807) is 39.2 Å². The summed E-state index contributed by atoms with van der Waals surface area (Å²) in [5.41, 5.74) is 1.96. The van der Waals surface area contributed by atoms with Crippen LogP contribution < -0.4 is 21.3 Å². The number of anilines is 2. The number of allylic oxidation sites excluding steroid dienone is 1. The lowest BCUT2D eigenvalue weighted by Crippen LogP contribution is -2.63. The molecule has 4 atom stereocenters. The zero-order valence-electron chi connectivity index (χ0n) is 26.2. The van der Waals surface area contributed by atoms with Crippen molar-refractivity contribution < 1.29 is 50.6 Å². The van der Waals surface area contributed by atoms with Gasteiger partial charge in [0.2, 0.25) is 11.7 Å². The minimum atomic E-state index is -2.73. The van der Waals surface area contributed by atoms with Crippen molar-refractivity contribution in [1.82, 2.24) is 10.2 Å². The van der Waals surface area contributed by atoms with Crippen molar-refractivity contribution in [2.45, 2.75) is 50.8 Å². The molecule has 12 N–H and O–H groups in total. The summed E-state index contributed by atoms with van der Waals surface area (Å²) in [6, 6.07) is 0.487. The third-order valence-corrected chi connectivity index (χ3v) is 8.23. The Bertz CT molecular complexity index is 1470. The fourth-order valence-electron chi connectivity index (χ4n) is 6.33. The summed E-state index contributed by atoms with van der Waals surface area (Å²) in [5, 5.41) is 51.1. The van der Waals surface area contributed by atoms with Crippen LogP contribution in [0, 0.1) is 11.8 Å². The number of nitrogens with zero attached hydrogens (tertiary/aromatic N) is 2. The highest BCUT2D eigenvalue weighted by atomic mass is 35.5. The number of carbonyl (C=O) groups is 4. The van der Waals surface area contributed by atoms with Gasteiger partial charge < -0.3 is 52.6 Å². The molecule has 0 aromatic heterocycles. The molecular weight excluding hydrogens is 614 g/mol. The number of rotatable bonds is 6. The summed E-state index contributed by atoms with van der Waals surface area (Å²) < 4.78 is 0. The minimum Gasteiger partial charge on any atom is -0.510 e. The number of aliphatic hydroxyl groups is 3. The Labute approximate surface area is 266 Å². The molecule has 0 spiro atoms. The van der Waals surface area contributed by atoms with E-state index in [4.69, 9.17) is 5.73 Å². The first-order chi connectivity index (χ1) is 19.3. The van der Waals surface area contributed by atoms with E-state index in [1.807, 2.05) is 20.8 Å². The van der Waals surface area contributed by atoms with E-state index in [0.717, 1.165) is 0 Å². The van der Waals surface area contributed by atoms with E-state index >= 15 is 0 Å². The van der Waals surface area contributed by atoms with E-state index in [1.165, 1.54) is 4.90 Å². The van der Waals surface area contributed by atoms with Crippen LogP contribution in [-0.4, -0.2) is 112 Å². The van der Waals surface area contributed by atoms with Crippen molar-refractivity contribution in [3.63, 3.8) is 0 Å². The zero-order valence-corrected chi connectivity index (χ0v) is 27.0. The SMILES string of the molecule is CN(C)c1cc(NC(=O)CNC(C)(C)C)c(O)c2c1C[C@H]1C[C@@H]3[C@H](N(C)C)C(O)=C(C(N)=O)C(=O)[C@@]3(O)C(O)=C1C2=O.Cl.O.O. The number of nitrogens with two attached hydrogens (primary N) is 1. The molecule has 1 aromatic rings. The van der Waals surface area contributed by atoms with E-state index in [2.05, 4.69) is 10.6 Å². The molecule has 16 heteroatoms. The fraction of sp³-hybridized carbons (Fsp3) is 0.517. The number of hydrogen-bond acceptors (Lipinski definition) is 11. The second-order valence-corrected chi connectivity index (χ2v) is 12.7. The zero-order chi connectivity index (χ0) is 31.6. The Balaban J connectivity index is 0.00000337. The minimum absolute atomic E-state index is 0. The molecule has 0 heterocycles. The molecule has 0 fully saturated rings. The summed E-state index contributed by atoms with van der Waals surface area (Å²) >= 11 is 0. The normalized spacial score (nSPS) is 24.0. The van der Waals surface area contributed by atoms with Crippen molar-refractivity contribution in [1.29, 1.82) is 0 Å². The Kier molecular flexibility index (Phi) is 11.6. The monoisotopic (exact) mass is 657 g/mol. The van der Waals surface area contributed by atoms with Gasteiger partial charge >= 0.3 is 0 Å². The van der Waals surface area contributed by atoms with Crippen molar-refractivity contribution in [2.75, 3.05) is 45.0 Å². The summed E-state index contributed by atoms with van der Waals surface area (Å²) in [6.07, 6.45) is 0.117. The van der Waals surface area contributed by atoms with Crippen molar-refractivity contribution >= 4 is 47.2 Å². The predicted octanol–water partition coefficient (Wildman–Crippen LogP) is -0.714. The van der Waals surface area contributed by atoms with Gasteiger partial charge in [-0.3, -0.25) is 24.1 Å². The molecule has 4 rings (SSSR count). The number of nitrogens with one attached hydrogen (secondary N) is 2. The lowest BCUT2D eigenvalue weighted by molar-refractivity contribution is -0.148. The third-order valence-electron chi connectivity index (χ3n) is 8.23. The van der Waals surface area contributed by atoms with Gasteiger partial charge in [0, 0.05) is 36.8 Å². The molecule has 252 valence electrons. The number of Topliss-reactive ketones (excluding diaryl/α,β-unsaturated/α-hetero) is 2. The fourth-order valence-corrected chi connectivity index (χ4v) is 6.33. The number of phenolic OH excluding ortho intramolecular Hbond substituents is 1. The molecule has 0 bridgehead atoms. The van der Waals surface area contributed by atoms with E-state index in [9.17, 15) is 39.6 Å². The Morgan fingerprint density at radius 2 is 1.67 bits per heavy atom. The second-order valence-electron chi connectivity index (χ2n) is 12.7. The highest BCUT2D eigenvalue weighted by Gasteiger charge is 2.63. The van der Waals surface area contributed by atoms with Gasteiger partial charge in [0.05, 0.1) is 23.8 Å². The number of aliphatic hydroxyl groups excluding tert-OH is 2.